The molecule has 8 nitrogen and oxygen atoms in total. The third kappa shape index (κ3) is 4.47. The van der Waals surface area contributed by atoms with Gasteiger partial charge in [0.1, 0.15) is 0 Å². The Hall–Kier alpha value is -3.65. The lowest BCUT2D eigenvalue weighted by Gasteiger charge is -2.32. The molecule has 0 saturated carbocycles. The number of carbonyl (C=O) groups excluding carboxylic acids is 1. The first-order valence-electron chi connectivity index (χ1n) is 11.2. The van der Waals surface area contributed by atoms with Gasteiger partial charge in [-0.3, -0.25) is 14.8 Å². The lowest BCUT2D eigenvalue weighted by atomic mass is 9.97. The van der Waals surface area contributed by atoms with Crippen LogP contribution in [0.15, 0.2) is 61.3 Å². The zero-order valence-electron chi connectivity index (χ0n) is 18.6. The van der Waals surface area contributed by atoms with E-state index in [-0.39, 0.29) is 5.91 Å². The maximum absolute atomic E-state index is 13.7. The van der Waals surface area contributed by atoms with E-state index in [4.69, 9.17) is 9.72 Å². The second-order valence-corrected chi connectivity index (χ2v) is 8.41. The molecule has 4 aromatic heterocycles. The molecule has 33 heavy (non-hydrogen) atoms. The SMILES string of the molecule is COCC1CCCN(C(=O)c2cc(-c3cccnc3)nc3c2cnn3Cc2cccnc2)C1. The highest BCUT2D eigenvalue weighted by Crippen LogP contribution is 2.27. The number of carbonyl (C=O) groups is 1. The molecule has 0 bridgehead atoms. The number of hydrogen-bond donors (Lipinski definition) is 0. The van der Waals surface area contributed by atoms with Crippen LogP contribution in [0, 0.1) is 5.92 Å². The highest BCUT2D eigenvalue weighted by Gasteiger charge is 2.27. The van der Waals surface area contributed by atoms with Crippen molar-refractivity contribution in [1.29, 1.82) is 0 Å². The summed E-state index contributed by atoms with van der Waals surface area (Å²) in [5.41, 5.74) is 3.88. The van der Waals surface area contributed by atoms with E-state index >= 15 is 0 Å². The fourth-order valence-electron chi connectivity index (χ4n) is 4.46. The quantitative estimate of drug-likeness (QED) is 0.455. The molecule has 4 aromatic rings. The minimum absolute atomic E-state index is 0.00858. The second-order valence-electron chi connectivity index (χ2n) is 8.41. The lowest BCUT2D eigenvalue weighted by Crippen LogP contribution is -2.41. The summed E-state index contributed by atoms with van der Waals surface area (Å²) >= 11 is 0. The Bertz CT molecular complexity index is 1240. The van der Waals surface area contributed by atoms with Gasteiger partial charge in [0.25, 0.3) is 5.91 Å². The van der Waals surface area contributed by atoms with Gasteiger partial charge in [-0.05, 0) is 48.6 Å². The van der Waals surface area contributed by atoms with Crippen LogP contribution in [0.3, 0.4) is 0 Å². The van der Waals surface area contributed by atoms with Crippen molar-refractivity contribution in [1.82, 2.24) is 29.6 Å². The maximum atomic E-state index is 13.7. The van der Waals surface area contributed by atoms with Gasteiger partial charge in [-0.25, -0.2) is 9.67 Å². The summed E-state index contributed by atoms with van der Waals surface area (Å²) in [5, 5.41) is 5.33. The summed E-state index contributed by atoms with van der Waals surface area (Å²) in [4.78, 5) is 29.0. The van der Waals surface area contributed by atoms with Crippen LogP contribution in [0.2, 0.25) is 0 Å². The van der Waals surface area contributed by atoms with Crippen LogP contribution in [0.4, 0.5) is 0 Å². The van der Waals surface area contributed by atoms with E-state index in [0.717, 1.165) is 35.9 Å². The molecule has 1 aliphatic heterocycles. The first-order chi connectivity index (χ1) is 16.2. The van der Waals surface area contributed by atoms with Gasteiger partial charge in [-0.1, -0.05) is 6.07 Å². The van der Waals surface area contributed by atoms with Crippen LogP contribution in [0.25, 0.3) is 22.3 Å². The Morgan fingerprint density at radius 3 is 2.76 bits per heavy atom. The summed E-state index contributed by atoms with van der Waals surface area (Å²) in [7, 11) is 1.71. The average molecular weight is 443 g/mol. The molecule has 0 N–H and O–H groups in total. The number of fused-ring (bicyclic) bond motifs is 1. The molecule has 1 unspecified atom stereocenters. The largest absolute Gasteiger partial charge is 0.384 e. The second kappa shape index (κ2) is 9.46. The smallest absolute Gasteiger partial charge is 0.254 e. The Morgan fingerprint density at radius 1 is 1.15 bits per heavy atom. The number of hydrogen-bond acceptors (Lipinski definition) is 6. The summed E-state index contributed by atoms with van der Waals surface area (Å²) in [6.45, 7) is 2.63. The Labute approximate surface area is 192 Å². The predicted octanol–water partition coefficient (Wildman–Crippen LogP) is 3.44. The highest BCUT2D eigenvalue weighted by atomic mass is 16.5. The molecule has 1 amide bonds. The molecule has 1 saturated heterocycles. The van der Waals surface area contributed by atoms with Gasteiger partial charge in [0.2, 0.25) is 0 Å². The molecule has 0 aromatic carbocycles. The van der Waals surface area contributed by atoms with Gasteiger partial charge in [-0.2, -0.15) is 5.10 Å². The van der Waals surface area contributed by atoms with Crippen molar-refractivity contribution in [2.45, 2.75) is 19.4 Å². The van der Waals surface area contributed by atoms with Crippen molar-refractivity contribution >= 4 is 16.9 Å². The molecular formula is C25H26N6O2. The maximum Gasteiger partial charge on any atom is 0.254 e. The van der Waals surface area contributed by atoms with Crippen LogP contribution in [-0.4, -0.2) is 62.3 Å². The van der Waals surface area contributed by atoms with Crippen molar-refractivity contribution in [3.05, 3.63) is 72.4 Å². The molecule has 1 fully saturated rings. The first kappa shape index (κ1) is 21.2. The van der Waals surface area contributed by atoms with E-state index < -0.39 is 0 Å². The molecule has 0 aliphatic carbocycles. The van der Waals surface area contributed by atoms with E-state index in [1.165, 1.54) is 0 Å². The fraction of sp³-hybridized carbons (Fsp3) is 0.320. The van der Waals surface area contributed by atoms with Crippen LogP contribution in [-0.2, 0) is 11.3 Å². The summed E-state index contributed by atoms with van der Waals surface area (Å²) in [5.74, 6) is 0.366. The van der Waals surface area contributed by atoms with Crippen LogP contribution < -0.4 is 0 Å². The zero-order chi connectivity index (χ0) is 22.6. The summed E-state index contributed by atoms with van der Waals surface area (Å²) < 4.78 is 7.18. The fourth-order valence-corrected chi connectivity index (χ4v) is 4.46. The number of ether oxygens (including phenoxy) is 1. The van der Waals surface area contributed by atoms with E-state index in [1.54, 1.807) is 31.9 Å². The average Bonchev–Trinajstić information content (AvgIpc) is 3.27. The molecule has 5 rings (SSSR count). The van der Waals surface area contributed by atoms with E-state index in [1.807, 2.05) is 46.1 Å². The first-order valence-corrected chi connectivity index (χ1v) is 11.2. The monoisotopic (exact) mass is 442 g/mol. The van der Waals surface area contributed by atoms with E-state index in [2.05, 4.69) is 15.1 Å². The molecule has 0 spiro atoms. The zero-order valence-corrected chi connectivity index (χ0v) is 18.6. The van der Waals surface area contributed by atoms with Crippen molar-refractivity contribution < 1.29 is 9.53 Å². The number of likely N-dealkylation sites (tertiary alicyclic amines) is 1. The highest BCUT2D eigenvalue weighted by molar-refractivity contribution is 6.06. The number of methoxy groups -OCH3 is 1. The van der Waals surface area contributed by atoms with Gasteiger partial charge in [-0.15, -0.1) is 0 Å². The summed E-state index contributed by atoms with van der Waals surface area (Å²) in [6.07, 6.45) is 10.8. The number of rotatable bonds is 6. The molecule has 0 radical (unpaired) electrons. The Balaban J connectivity index is 1.57. The van der Waals surface area contributed by atoms with Gasteiger partial charge in [0.05, 0.1) is 36.0 Å². The predicted molar refractivity (Wildman–Crippen MR) is 125 cm³/mol. The van der Waals surface area contributed by atoms with Crippen molar-refractivity contribution in [3.63, 3.8) is 0 Å². The normalized spacial score (nSPS) is 16.3. The lowest BCUT2D eigenvalue weighted by molar-refractivity contribution is 0.0572. The molecule has 1 aliphatic rings. The van der Waals surface area contributed by atoms with Crippen LogP contribution in [0.5, 0.6) is 0 Å². The van der Waals surface area contributed by atoms with E-state index in [0.29, 0.717) is 42.5 Å². The number of amides is 1. The number of pyridine rings is 3. The van der Waals surface area contributed by atoms with Crippen molar-refractivity contribution in [2.75, 3.05) is 26.8 Å². The van der Waals surface area contributed by atoms with Crippen LogP contribution in [0.1, 0.15) is 28.8 Å². The minimum atomic E-state index is 0.00858. The molecule has 5 heterocycles. The van der Waals surface area contributed by atoms with Gasteiger partial charge >= 0.3 is 0 Å². The molecule has 1 atom stereocenters. The van der Waals surface area contributed by atoms with Gasteiger partial charge < -0.3 is 9.64 Å². The molecule has 168 valence electrons. The third-order valence-corrected chi connectivity index (χ3v) is 6.06. The van der Waals surface area contributed by atoms with Crippen LogP contribution >= 0.6 is 0 Å². The molecule has 8 heteroatoms. The standard InChI is InChI=1S/C25H26N6O2/c1-33-17-19-6-4-10-30(15-19)25(32)21-11-23(20-7-3-9-27-13-20)29-24-22(21)14-28-31(24)16-18-5-2-8-26-12-18/h2-3,5,7-9,11-14,19H,4,6,10,15-17H2,1H3. The van der Waals surface area contributed by atoms with Crippen molar-refractivity contribution in [3.8, 4) is 11.3 Å². The number of aromatic nitrogens is 5. The Kier molecular flexibility index (Phi) is 6.08. The Morgan fingerprint density at radius 2 is 2.00 bits per heavy atom. The van der Waals surface area contributed by atoms with Crippen molar-refractivity contribution in [2.24, 2.45) is 5.92 Å². The van der Waals surface area contributed by atoms with Gasteiger partial charge in [0, 0.05) is 50.6 Å². The van der Waals surface area contributed by atoms with E-state index in [9.17, 15) is 4.79 Å². The topological polar surface area (TPSA) is 86.0 Å². The molecular weight excluding hydrogens is 416 g/mol. The minimum Gasteiger partial charge on any atom is -0.384 e. The number of nitrogens with zero attached hydrogens (tertiary/aromatic N) is 6. The summed E-state index contributed by atoms with van der Waals surface area (Å²) in [6, 6.07) is 9.60. The van der Waals surface area contributed by atoms with Gasteiger partial charge in [0.15, 0.2) is 5.65 Å². The third-order valence-electron chi connectivity index (χ3n) is 6.06. The number of piperidine rings is 1.